The van der Waals surface area contributed by atoms with E-state index in [4.69, 9.17) is 14.6 Å². The van der Waals surface area contributed by atoms with Crippen LogP contribution in [0.15, 0.2) is 24.3 Å². The van der Waals surface area contributed by atoms with E-state index >= 15 is 0 Å². The summed E-state index contributed by atoms with van der Waals surface area (Å²) in [6.45, 7) is 1.62. The zero-order chi connectivity index (χ0) is 15.1. The number of benzene rings is 1. The van der Waals surface area contributed by atoms with Gasteiger partial charge in [-0.05, 0) is 19.1 Å². The minimum absolute atomic E-state index is 0.103. The number of para-hydroxylation sites is 2. The van der Waals surface area contributed by atoms with Crippen molar-refractivity contribution in [2.75, 3.05) is 20.8 Å². The van der Waals surface area contributed by atoms with Crippen LogP contribution in [0.3, 0.4) is 0 Å². The quantitative estimate of drug-likeness (QED) is 0.817. The van der Waals surface area contributed by atoms with Gasteiger partial charge in [0.05, 0.1) is 20.1 Å². The van der Waals surface area contributed by atoms with Crippen LogP contribution in [-0.2, 0) is 9.59 Å². The first-order valence-corrected chi connectivity index (χ1v) is 6.21. The van der Waals surface area contributed by atoms with E-state index in [9.17, 15) is 9.59 Å². The average Bonchev–Trinajstić information content (AvgIpc) is 2.45. The van der Waals surface area contributed by atoms with Crippen molar-refractivity contribution >= 4 is 11.9 Å². The SMILES string of the molecule is COc1ccccc1OCCC(=O)N(C)C(C)C(=O)O. The lowest BCUT2D eigenvalue weighted by molar-refractivity contribution is -0.148. The van der Waals surface area contributed by atoms with Crippen molar-refractivity contribution in [3.05, 3.63) is 24.3 Å². The minimum Gasteiger partial charge on any atom is -0.493 e. The molecule has 0 aromatic heterocycles. The molecule has 0 aliphatic heterocycles. The highest BCUT2D eigenvalue weighted by molar-refractivity contribution is 5.83. The first kappa shape index (κ1) is 15.8. The van der Waals surface area contributed by atoms with E-state index in [0.29, 0.717) is 11.5 Å². The number of carbonyl (C=O) groups is 2. The lowest BCUT2D eigenvalue weighted by Crippen LogP contribution is -2.40. The number of likely N-dealkylation sites (N-methyl/N-ethyl adjacent to an activating group) is 1. The zero-order valence-electron chi connectivity index (χ0n) is 11.8. The highest BCUT2D eigenvalue weighted by Crippen LogP contribution is 2.25. The molecule has 0 saturated carbocycles. The number of carbonyl (C=O) groups excluding carboxylic acids is 1. The van der Waals surface area contributed by atoms with Crippen LogP contribution in [-0.4, -0.2) is 48.7 Å². The van der Waals surface area contributed by atoms with Crippen LogP contribution in [0.4, 0.5) is 0 Å². The summed E-state index contributed by atoms with van der Waals surface area (Å²) in [6, 6.07) is 6.27. The summed E-state index contributed by atoms with van der Waals surface area (Å²) in [5, 5.41) is 8.83. The average molecular weight is 281 g/mol. The molecular weight excluding hydrogens is 262 g/mol. The van der Waals surface area contributed by atoms with Crippen molar-refractivity contribution in [1.82, 2.24) is 4.90 Å². The predicted octanol–water partition coefficient (Wildman–Crippen LogP) is 1.40. The van der Waals surface area contributed by atoms with Crippen LogP contribution in [0.1, 0.15) is 13.3 Å². The topological polar surface area (TPSA) is 76.1 Å². The van der Waals surface area contributed by atoms with Crippen molar-refractivity contribution < 1.29 is 24.2 Å². The maximum Gasteiger partial charge on any atom is 0.326 e. The highest BCUT2D eigenvalue weighted by Gasteiger charge is 2.21. The predicted molar refractivity (Wildman–Crippen MR) is 73.0 cm³/mol. The first-order valence-electron chi connectivity index (χ1n) is 6.21. The Kier molecular flexibility index (Phi) is 5.83. The van der Waals surface area contributed by atoms with E-state index in [0.717, 1.165) is 0 Å². The molecule has 0 aliphatic rings. The van der Waals surface area contributed by atoms with Crippen LogP contribution in [0.25, 0.3) is 0 Å². The molecular formula is C14H19NO5. The Hall–Kier alpha value is -2.24. The number of rotatable bonds is 7. The zero-order valence-corrected chi connectivity index (χ0v) is 11.8. The van der Waals surface area contributed by atoms with Crippen LogP contribution < -0.4 is 9.47 Å². The Morgan fingerprint density at radius 3 is 2.45 bits per heavy atom. The summed E-state index contributed by atoms with van der Waals surface area (Å²) in [5.41, 5.74) is 0. The van der Waals surface area contributed by atoms with E-state index < -0.39 is 12.0 Å². The van der Waals surface area contributed by atoms with Gasteiger partial charge in [0.15, 0.2) is 11.5 Å². The van der Waals surface area contributed by atoms with E-state index in [1.807, 2.05) is 6.07 Å². The second-order valence-corrected chi connectivity index (χ2v) is 4.27. The van der Waals surface area contributed by atoms with Crippen molar-refractivity contribution in [2.24, 2.45) is 0 Å². The number of aliphatic carboxylic acids is 1. The van der Waals surface area contributed by atoms with Gasteiger partial charge in [-0.2, -0.15) is 0 Å². The number of carboxylic acids is 1. The molecule has 1 amide bonds. The molecule has 6 nitrogen and oxygen atoms in total. The van der Waals surface area contributed by atoms with Crippen molar-refractivity contribution in [3.63, 3.8) is 0 Å². The minimum atomic E-state index is -1.04. The summed E-state index contributed by atoms with van der Waals surface area (Å²) in [6.07, 6.45) is 0.103. The van der Waals surface area contributed by atoms with Gasteiger partial charge in [-0.1, -0.05) is 12.1 Å². The molecule has 110 valence electrons. The summed E-state index contributed by atoms with van der Waals surface area (Å²) >= 11 is 0. The monoisotopic (exact) mass is 281 g/mol. The maximum atomic E-state index is 11.8. The number of methoxy groups -OCH3 is 1. The number of amides is 1. The smallest absolute Gasteiger partial charge is 0.326 e. The van der Waals surface area contributed by atoms with E-state index in [2.05, 4.69) is 0 Å². The Labute approximate surface area is 117 Å². The van der Waals surface area contributed by atoms with Crippen LogP contribution in [0.5, 0.6) is 11.5 Å². The van der Waals surface area contributed by atoms with E-state index in [-0.39, 0.29) is 18.9 Å². The van der Waals surface area contributed by atoms with E-state index in [1.165, 1.54) is 26.0 Å². The van der Waals surface area contributed by atoms with Gasteiger partial charge in [0.1, 0.15) is 6.04 Å². The van der Waals surface area contributed by atoms with Gasteiger partial charge in [-0.25, -0.2) is 4.79 Å². The van der Waals surface area contributed by atoms with Gasteiger partial charge >= 0.3 is 5.97 Å². The van der Waals surface area contributed by atoms with Crippen molar-refractivity contribution in [3.8, 4) is 11.5 Å². The summed E-state index contributed by atoms with van der Waals surface area (Å²) in [5.74, 6) is -0.176. The number of hydrogen-bond donors (Lipinski definition) is 1. The molecule has 0 aliphatic carbocycles. The second-order valence-electron chi connectivity index (χ2n) is 4.27. The summed E-state index contributed by atoms with van der Waals surface area (Å²) in [7, 11) is 3.00. The van der Waals surface area contributed by atoms with Gasteiger partial charge in [-0.3, -0.25) is 4.79 Å². The molecule has 1 atom stereocenters. The van der Waals surface area contributed by atoms with Crippen LogP contribution >= 0.6 is 0 Å². The molecule has 6 heteroatoms. The normalized spacial score (nSPS) is 11.6. The fourth-order valence-electron chi connectivity index (χ4n) is 1.54. The van der Waals surface area contributed by atoms with Gasteiger partial charge < -0.3 is 19.5 Å². The lowest BCUT2D eigenvalue weighted by atomic mass is 10.2. The third-order valence-corrected chi connectivity index (χ3v) is 2.97. The van der Waals surface area contributed by atoms with Gasteiger partial charge in [0.2, 0.25) is 5.91 Å². The van der Waals surface area contributed by atoms with Gasteiger partial charge in [0.25, 0.3) is 0 Å². The standard InChI is InChI=1S/C14H19NO5/c1-10(14(17)18)15(2)13(16)8-9-20-12-7-5-4-6-11(12)19-3/h4-7,10H,8-9H2,1-3H3,(H,17,18). The molecule has 0 fully saturated rings. The summed E-state index contributed by atoms with van der Waals surface area (Å²) in [4.78, 5) is 23.8. The highest BCUT2D eigenvalue weighted by atomic mass is 16.5. The number of ether oxygens (including phenoxy) is 2. The molecule has 1 rings (SSSR count). The lowest BCUT2D eigenvalue weighted by Gasteiger charge is -2.21. The Morgan fingerprint density at radius 2 is 1.90 bits per heavy atom. The molecule has 1 unspecified atom stereocenters. The van der Waals surface area contributed by atoms with Gasteiger partial charge in [-0.15, -0.1) is 0 Å². The molecule has 0 saturated heterocycles. The third-order valence-electron chi connectivity index (χ3n) is 2.97. The number of carboxylic acid groups (broad SMARTS) is 1. The van der Waals surface area contributed by atoms with Crippen LogP contribution in [0.2, 0.25) is 0 Å². The summed E-state index contributed by atoms with van der Waals surface area (Å²) < 4.78 is 10.6. The molecule has 0 bridgehead atoms. The largest absolute Gasteiger partial charge is 0.493 e. The van der Waals surface area contributed by atoms with Gasteiger partial charge in [0, 0.05) is 7.05 Å². The molecule has 20 heavy (non-hydrogen) atoms. The molecule has 1 aromatic rings. The van der Waals surface area contributed by atoms with Crippen LogP contribution in [0, 0.1) is 0 Å². The molecule has 1 aromatic carbocycles. The Morgan fingerprint density at radius 1 is 1.30 bits per heavy atom. The maximum absolute atomic E-state index is 11.8. The molecule has 0 radical (unpaired) electrons. The van der Waals surface area contributed by atoms with Crippen molar-refractivity contribution in [2.45, 2.75) is 19.4 Å². The Bertz CT molecular complexity index is 474. The molecule has 0 spiro atoms. The second kappa shape index (κ2) is 7.37. The third kappa shape index (κ3) is 4.15. The fraction of sp³-hybridized carbons (Fsp3) is 0.429. The molecule has 1 N–H and O–H groups in total. The fourth-order valence-corrected chi connectivity index (χ4v) is 1.54. The number of hydrogen-bond acceptors (Lipinski definition) is 4. The van der Waals surface area contributed by atoms with E-state index in [1.54, 1.807) is 18.2 Å². The van der Waals surface area contributed by atoms with Crippen molar-refractivity contribution in [1.29, 1.82) is 0 Å². The Balaban J connectivity index is 2.48. The molecule has 0 heterocycles. The first-order chi connectivity index (χ1) is 9.47. The number of nitrogens with zero attached hydrogens (tertiary/aromatic N) is 1.